The van der Waals surface area contributed by atoms with Crippen molar-refractivity contribution in [2.24, 2.45) is 0 Å². The maximum Gasteiger partial charge on any atom is 0.257 e. The van der Waals surface area contributed by atoms with Crippen LogP contribution < -0.4 is 15.2 Å². The van der Waals surface area contributed by atoms with E-state index in [1.54, 1.807) is 12.1 Å². The first-order valence-corrected chi connectivity index (χ1v) is 5.24. The molecule has 0 radical (unpaired) electrons. The van der Waals surface area contributed by atoms with E-state index in [1.807, 2.05) is 19.1 Å². The molecular formula is C12H14NO4-. The highest BCUT2D eigenvalue weighted by Gasteiger charge is 2.01. The first-order chi connectivity index (χ1) is 8.08. The van der Waals surface area contributed by atoms with Gasteiger partial charge in [-0.25, -0.2) is 0 Å². The van der Waals surface area contributed by atoms with Gasteiger partial charge in [-0.3, -0.25) is 4.79 Å². The Kier molecular flexibility index (Phi) is 5.00. The Morgan fingerprint density at radius 2 is 1.94 bits per heavy atom. The van der Waals surface area contributed by atoms with E-state index in [0.717, 1.165) is 5.56 Å². The van der Waals surface area contributed by atoms with Crippen molar-refractivity contribution in [2.45, 2.75) is 13.3 Å². The Bertz CT molecular complexity index is 386. The summed E-state index contributed by atoms with van der Waals surface area (Å²) in [5.41, 5.74) is 1.11. The van der Waals surface area contributed by atoms with Crippen LogP contribution in [0.25, 0.3) is 0 Å². The molecule has 0 saturated carbocycles. The first kappa shape index (κ1) is 13.0. The second kappa shape index (κ2) is 6.52. The van der Waals surface area contributed by atoms with E-state index in [4.69, 9.17) is 4.74 Å². The number of carboxylic acids is 1. The number of aryl methyl sites for hydroxylation is 1. The van der Waals surface area contributed by atoms with Crippen LogP contribution in [0.5, 0.6) is 5.75 Å². The molecule has 0 atom stereocenters. The Balaban J connectivity index is 2.23. The molecule has 5 nitrogen and oxygen atoms in total. The van der Waals surface area contributed by atoms with Crippen LogP contribution in [0.4, 0.5) is 0 Å². The van der Waals surface area contributed by atoms with Crippen LogP contribution in [-0.4, -0.2) is 25.0 Å². The number of carbonyl (C=O) groups is 2. The molecule has 17 heavy (non-hydrogen) atoms. The summed E-state index contributed by atoms with van der Waals surface area (Å²) in [6.45, 7) is 1.88. The zero-order valence-corrected chi connectivity index (χ0v) is 9.56. The van der Waals surface area contributed by atoms with Crippen molar-refractivity contribution in [3.8, 4) is 5.75 Å². The van der Waals surface area contributed by atoms with E-state index in [9.17, 15) is 14.7 Å². The van der Waals surface area contributed by atoms with Gasteiger partial charge in [0.25, 0.3) is 5.91 Å². The minimum Gasteiger partial charge on any atom is -0.550 e. The van der Waals surface area contributed by atoms with Crippen molar-refractivity contribution < 1.29 is 19.4 Å². The van der Waals surface area contributed by atoms with E-state index in [1.165, 1.54) is 0 Å². The molecule has 0 bridgehead atoms. The zero-order chi connectivity index (χ0) is 12.7. The van der Waals surface area contributed by atoms with Gasteiger partial charge in [-0.1, -0.05) is 17.7 Å². The average Bonchev–Trinajstić information content (AvgIpc) is 2.28. The molecule has 1 aromatic rings. The first-order valence-electron chi connectivity index (χ1n) is 5.24. The molecule has 0 fully saturated rings. The van der Waals surface area contributed by atoms with Gasteiger partial charge in [0, 0.05) is 18.9 Å². The summed E-state index contributed by atoms with van der Waals surface area (Å²) in [6, 6.07) is 7.29. The van der Waals surface area contributed by atoms with Gasteiger partial charge >= 0.3 is 0 Å². The van der Waals surface area contributed by atoms with Crippen LogP contribution >= 0.6 is 0 Å². The molecule has 0 aromatic heterocycles. The smallest absolute Gasteiger partial charge is 0.257 e. The number of carboxylic acid groups (broad SMARTS) is 1. The number of ether oxygens (including phenoxy) is 1. The van der Waals surface area contributed by atoms with Gasteiger partial charge in [-0.15, -0.1) is 0 Å². The summed E-state index contributed by atoms with van der Waals surface area (Å²) < 4.78 is 5.21. The van der Waals surface area contributed by atoms with Crippen molar-refractivity contribution in [3.63, 3.8) is 0 Å². The summed E-state index contributed by atoms with van der Waals surface area (Å²) in [5, 5.41) is 12.5. The lowest BCUT2D eigenvalue weighted by Crippen LogP contribution is -2.33. The fourth-order valence-electron chi connectivity index (χ4n) is 1.14. The SMILES string of the molecule is Cc1ccc(OCC(=O)NCCC(=O)[O-])cc1. The van der Waals surface area contributed by atoms with Crippen molar-refractivity contribution in [1.29, 1.82) is 0 Å². The lowest BCUT2D eigenvalue weighted by atomic mass is 10.2. The van der Waals surface area contributed by atoms with Gasteiger partial charge in [-0.05, 0) is 19.1 Å². The molecule has 92 valence electrons. The van der Waals surface area contributed by atoms with Gasteiger partial charge in [0.15, 0.2) is 6.61 Å². The number of rotatable bonds is 6. The van der Waals surface area contributed by atoms with Gasteiger partial charge in [0.2, 0.25) is 0 Å². The van der Waals surface area contributed by atoms with Crippen LogP contribution in [0.2, 0.25) is 0 Å². The number of hydrogen-bond acceptors (Lipinski definition) is 4. The highest BCUT2D eigenvalue weighted by molar-refractivity contribution is 5.78. The second-order valence-corrected chi connectivity index (χ2v) is 3.57. The van der Waals surface area contributed by atoms with E-state index >= 15 is 0 Å². The van der Waals surface area contributed by atoms with Crippen LogP contribution in [0.3, 0.4) is 0 Å². The predicted molar refractivity (Wildman–Crippen MR) is 59.3 cm³/mol. The Hall–Kier alpha value is -2.04. The molecule has 0 unspecified atom stereocenters. The molecule has 0 spiro atoms. The van der Waals surface area contributed by atoms with E-state index in [2.05, 4.69) is 5.32 Å². The Morgan fingerprint density at radius 1 is 1.29 bits per heavy atom. The second-order valence-electron chi connectivity index (χ2n) is 3.57. The molecule has 1 amide bonds. The molecule has 0 aliphatic rings. The minimum absolute atomic E-state index is 0.0540. The molecular weight excluding hydrogens is 222 g/mol. The van der Waals surface area contributed by atoms with Crippen LogP contribution in [-0.2, 0) is 9.59 Å². The highest BCUT2D eigenvalue weighted by atomic mass is 16.5. The van der Waals surface area contributed by atoms with Gasteiger partial charge in [0.05, 0.1) is 0 Å². The molecule has 0 aliphatic carbocycles. The maximum absolute atomic E-state index is 11.2. The summed E-state index contributed by atoms with van der Waals surface area (Å²) in [4.78, 5) is 21.3. The molecule has 0 saturated heterocycles. The summed E-state index contributed by atoms with van der Waals surface area (Å²) >= 11 is 0. The van der Waals surface area contributed by atoms with Crippen LogP contribution in [0.15, 0.2) is 24.3 Å². The van der Waals surface area contributed by atoms with Crippen molar-refractivity contribution >= 4 is 11.9 Å². The third-order valence-electron chi connectivity index (χ3n) is 2.04. The quantitative estimate of drug-likeness (QED) is 0.731. The Labute approximate surface area is 99.4 Å². The third-order valence-corrected chi connectivity index (χ3v) is 2.04. The monoisotopic (exact) mass is 236 g/mol. The maximum atomic E-state index is 11.2. The fraction of sp³-hybridized carbons (Fsp3) is 0.333. The van der Waals surface area contributed by atoms with Gasteiger partial charge in [-0.2, -0.15) is 0 Å². The standard InChI is InChI=1S/C12H15NO4/c1-9-2-4-10(5-3-9)17-8-11(14)13-7-6-12(15)16/h2-5H,6-8H2,1H3,(H,13,14)(H,15,16)/p-1. The van der Waals surface area contributed by atoms with E-state index in [0.29, 0.717) is 5.75 Å². The molecule has 0 aliphatic heterocycles. The summed E-state index contributed by atoms with van der Waals surface area (Å²) in [5.74, 6) is -0.942. The summed E-state index contributed by atoms with van der Waals surface area (Å²) in [7, 11) is 0. The summed E-state index contributed by atoms with van der Waals surface area (Å²) in [6.07, 6.45) is -0.198. The molecule has 1 rings (SSSR count). The number of aliphatic carboxylic acids is 1. The number of hydrogen-bond donors (Lipinski definition) is 1. The number of amides is 1. The number of nitrogens with one attached hydrogen (secondary N) is 1. The normalized spacial score (nSPS) is 9.71. The van der Waals surface area contributed by atoms with E-state index in [-0.39, 0.29) is 25.5 Å². The van der Waals surface area contributed by atoms with Crippen molar-refractivity contribution in [3.05, 3.63) is 29.8 Å². The lowest BCUT2D eigenvalue weighted by molar-refractivity contribution is -0.305. The largest absolute Gasteiger partial charge is 0.550 e. The molecule has 5 heteroatoms. The third kappa shape index (κ3) is 5.55. The molecule has 1 N–H and O–H groups in total. The lowest BCUT2D eigenvalue weighted by Gasteiger charge is -2.07. The van der Waals surface area contributed by atoms with Gasteiger partial charge < -0.3 is 20.0 Å². The average molecular weight is 236 g/mol. The van der Waals surface area contributed by atoms with Crippen molar-refractivity contribution in [1.82, 2.24) is 5.32 Å². The highest BCUT2D eigenvalue weighted by Crippen LogP contribution is 2.10. The fourth-order valence-corrected chi connectivity index (χ4v) is 1.14. The predicted octanol–water partition coefficient (Wildman–Crippen LogP) is -0.370. The molecule has 1 aromatic carbocycles. The number of benzene rings is 1. The Morgan fingerprint density at radius 3 is 2.53 bits per heavy atom. The molecule has 0 heterocycles. The number of carbonyl (C=O) groups excluding carboxylic acids is 2. The van der Waals surface area contributed by atoms with Crippen LogP contribution in [0.1, 0.15) is 12.0 Å². The van der Waals surface area contributed by atoms with Crippen molar-refractivity contribution in [2.75, 3.05) is 13.2 Å². The van der Waals surface area contributed by atoms with Crippen LogP contribution in [0, 0.1) is 6.92 Å². The van der Waals surface area contributed by atoms with Gasteiger partial charge in [0.1, 0.15) is 5.75 Å². The van der Waals surface area contributed by atoms with E-state index < -0.39 is 5.97 Å². The minimum atomic E-state index is -1.19. The zero-order valence-electron chi connectivity index (χ0n) is 9.56. The topological polar surface area (TPSA) is 78.5 Å².